The minimum Gasteiger partial charge on any atom is -0.491 e. The van der Waals surface area contributed by atoms with Crippen molar-refractivity contribution >= 4 is 17.6 Å². The summed E-state index contributed by atoms with van der Waals surface area (Å²) < 4.78 is 39.9. The lowest BCUT2D eigenvalue weighted by Gasteiger charge is -2.28. The zero-order chi connectivity index (χ0) is 24.4. The van der Waals surface area contributed by atoms with E-state index in [-0.39, 0.29) is 23.7 Å². The maximum Gasteiger partial charge on any atom is 0.320 e. The lowest BCUT2D eigenvalue weighted by atomic mass is 9.99. The molecule has 2 aromatic carbocycles. The molecule has 2 heterocycles. The number of carboxylic acid groups (broad SMARTS) is 1. The van der Waals surface area contributed by atoms with Gasteiger partial charge in [0.2, 0.25) is 0 Å². The van der Waals surface area contributed by atoms with E-state index in [9.17, 15) is 13.6 Å². The number of aliphatic carboxylic acids is 1. The summed E-state index contributed by atoms with van der Waals surface area (Å²) in [5.74, 6) is -2.57. The van der Waals surface area contributed by atoms with Crippen LogP contribution in [0.1, 0.15) is 38.3 Å². The van der Waals surface area contributed by atoms with E-state index >= 15 is 0 Å². The fourth-order valence-electron chi connectivity index (χ4n) is 3.85. The SMILES string of the molecule is CC(C)Oc1cc(F)c(-c2nc(N3CCCc4cc(CNC(C)C(=O)O)ccc43)no2)c(F)c1. The highest BCUT2D eigenvalue weighted by atomic mass is 19.1. The molecule has 3 aromatic rings. The van der Waals surface area contributed by atoms with Gasteiger partial charge in [-0.3, -0.25) is 4.79 Å². The summed E-state index contributed by atoms with van der Waals surface area (Å²) in [6.45, 7) is 6.15. The molecule has 0 amide bonds. The van der Waals surface area contributed by atoms with Crippen molar-refractivity contribution in [1.82, 2.24) is 15.5 Å². The van der Waals surface area contributed by atoms with Crippen molar-refractivity contribution < 1.29 is 27.9 Å². The van der Waals surface area contributed by atoms with Crippen molar-refractivity contribution in [3.8, 4) is 17.2 Å². The summed E-state index contributed by atoms with van der Waals surface area (Å²) in [6, 6.07) is 7.35. The number of benzene rings is 2. The summed E-state index contributed by atoms with van der Waals surface area (Å²) in [4.78, 5) is 17.1. The molecule has 180 valence electrons. The van der Waals surface area contributed by atoms with Gasteiger partial charge in [0, 0.05) is 30.9 Å². The lowest BCUT2D eigenvalue weighted by molar-refractivity contribution is -0.139. The average Bonchev–Trinajstić information content (AvgIpc) is 3.25. The topological polar surface area (TPSA) is 101 Å². The molecule has 34 heavy (non-hydrogen) atoms. The number of carboxylic acids is 1. The highest BCUT2D eigenvalue weighted by Gasteiger charge is 2.26. The summed E-state index contributed by atoms with van der Waals surface area (Å²) >= 11 is 0. The van der Waals surface area contributed by atoms with E-state index < -0.39 is 29.2 Å². The second kappa shape index (κ2) is 9.76. The molecule has 0 aliphatic carbocycles. The molecule has 1 aromatic heterocycles. The Balaban J connectivity index is 1.57. The zero-order valence-electron chi connectivity index (χ0n) is 19.1. The number of fused-ring (bicyclic) bond motifs is 1. The fraction of sp³-hybridized carbons (Fsp3) is 0.375. The van der Waals surface area contributed by atoms with Crippen LogP contribution in [0.15, 0.2) is 34.9 Å². The summed E-state index contributed by atoms with van der Waals surface area (Å²) in [5, 5.41) is 16.0. The van der Waals surface area contributed by atoms with Crippen molar-refractivity contribution in [3.63, 3.8) is 0 Å². The smallest absolute Gasteiger partial charge is 0.320 e. The Kier molecular flexibility index (Phi) is 6.78. The average molecular weight is 472 g/mol. The third kappa shape index (κ3) is 5.01. The Bertz CT molecular complexity index is 1170. The first-order valence-corrected chi connectivity index (χ1v) is 11.1. The molecule has 0 radical (unpaired) electrons. The van der Waals surface area contributed by atoms with Crippen molar-refractivity contribution in [2.75, 3.05) is 11.4 Å². The van der Waals surface area contributed by atoms with E-state index in [1.165, 1.54) is 0 Å². The summed E-state index contributed by atoms with van der Waals surface area (Å²) in [5.41, 5.74) is 2.47. The first-order valence-electron chi connectivity index (χ1n) is 11.1. The maximum absolute atomic E-state index is 14.7. The molecule has 8 nitrogen and oxygen atoms in total. The number of halogens is 2. The van der Waals surface area contributed by atoms with Crippen LogP contribution in [-0.4, -0.2) is 39.9 Å². The number of anilines is 2. The minimum atomic E-state index is -0.910. The second-order valence-electron chi connectivity index (χ2n) is 8.49. The maximum atomic E-state index is 14.7. The summed E-state index contributed by atoms with van der Waals surface area (Å²) in [6.07, 6.45) is 1.43. The molecule has 0 spiro atoms. The molecule has 1 aliphatic rings. The molecule has 1 aliphatic heterocycles. The molecule has 4 rings (SSSR count). The van der Waals surface area contributed by atoms with Gasteiger partial charge in [-0.05, 0) is 56.0 Å². The molecule has 0 saturated carbocycles. The van der Waals surface area contributed by atoms with Crippen molar-refractivity contribution in [3.05, 3.63) is 53.1 Å². The van der Waals surface area contributed by atoms with Crippen LogP contribution in [0, 0.1) is 11.6 Å². The zero-order valence-corrected chi connectivity index (χ0v) is 19.1. The third-order valence-electron chi connectivity index (χ3n) is 5.50. The van der Waals surface area contributed by atoms with Crippen LogP contribution in [0.3, 0.4) is 0 Å². The first-order chi connectivity index (χ1) is 16.2. The van der Waals surface area contributed by atoms with Crippen LogP contribution in [-0.2, 0) is 17.8 Å². The second-order valence-corrected chi connectivity index (χ2v) is 8.49. The molecule has 2 N–H and O–H groups in total. The molecule has 1 unspecified atom stereocenters. The number of nitrogens with zero attached hydrogens (tertiary/aromatic N) is 3. The van der Waals surface area contributed by atoms with Gasteiger partial charge in [-0.25, -0.2) is 8.78 Å². The molecule has 0 fully saturated rings. The number of carbonyl (C=O) groups is 1. The number of hydrogen-bond acceptors (Lipinski definition) is 7. The van der Waals surface area contributed by atoms with Gasteiger partial charge in [-0.15, -0.1) is 0 Å². The molecule has 0 saturated heterocycles. The molecule has 10 heteroatoms. The van der Waals surface area contributed by atoms with E-state index in [0.29, 0.717) is 13.1 Å². The van der Waals surface area contributed by atoms with Crippen LogP contribution >= 0.6 is 0 Å². The molecular weight excluding hydrogens is 446 g/mol. The third-order valence-corrected chi connectivity index (χ3v) is 5.50. The van der Waals surface area contributed by atoms with Crippen LogP contribution in [0.25, 0.3) is 11.5 Å². The van der Waals surface area contributed by atoms with Gasteiger partial charge in [0.15, 0.2) is 0 Å². The number of nitrogens with one attached hydrogen (secondary N) is 1. The first kappa shape index (κ1) is 23.6. The quantitative estimate of drug-likeness (QED) is 0.496. The Morgan fingerprint density at radius 1 is 1.24 bits per heavy atom. The Labute approximate surface area is 195 Å². The molecule has 0 bridgehead atoms. The van der Waals surface area contributed by atoms with Gasteiger partial charge in [-0.1, -0.05) is 12.1 Å². The van der Waals surface area contributed by atoms with Crippen LogP contribution < -0.4 is 15.0 Å². The summed E-state index contributed by atoms with van der Waals surface area (Å²) in [7, 11) is 0. The van der Waals surface area contributed by atoms with Gasteiger partial charge in [0.25, 0.3) is 11.8 Å². The van der Waals surface area contributed by atoms with E-state index in [2.05, 4.69) is 15.5 Å². The van der Waals surface area contributed by atoms with E-state index in [0.717, 1.165) is 41.8 Å². The normalized spacial score (nSPS) is 14.2. The van der Waals surface area contributed by atoms with Crippen LogP contribution in [0.5, 0.6) is 5.75 Å². The van der Waals surface area contributed by atoms with Crippen molar-refractivity contribution in [2.45, 2.75) is 52.3 Å². The van der Waals surface area contributed by atoms with E-state index in [1.54, 1.807) is 20.8 Å². The van der Waals surface area contributed by atoms with Crippen molar-refractivity contribution in [1.29, 1.82) is 0 Å². The lowest BCUT2D eigenvalue weighted by Crippen LogP contribution is -2.33. The van der Waals surface area contributed by atoms with E-state index in [1.807, 2.05) is 23.1 Å². The van der Waals surface area contributed by atoms with Gasteiger partial charge in [0.05, 0.1) is 6.10 Å². The number of hydrogen-bond donors (Lipinski definition) is 2. The molecule has 1 atom stereocenters. The highest BCUT2D eigenvalue weighted by Crippen LogP contribution is 2.35. The Hall–Kier alpha value is -3.53. The largest absolute Gasteiger partial charge is 0.491 e. The van der Waals surface area contributed by atoms with Crippen molar-refractivity contribution in [2.24, 2.45) is 0 Å². The standard InChI is InChI=1S/C24H26F2N4O4/c1-13(2)33-17-10-18(25)21(19(26)11-17)22-28-24(29-34-22)30-8-4-5-16-9-15(6-7-20(16)30)12-27-14(3)23(31)32/h6-7,9-11,13-14,27H,4-5,8,12H2,1-3H3,(H,31,32). The van der Waals surface area contributed by atoms with Gasteiger partial charge < -0.3 is 24.6 Å². The highest BCUT2D eigenvalue weighted by molar-refractivity contribution is 5.72. The van der Waals surface area contributed by atoms with Gasteiger partial charge in [0.1, 0.15) is 29.0 Å². The van der Waals surface area contributed by atoms with Gasteiger partial charge in [-0.2, -0.15) is 4.98 Å². The van der Waals surface area contributed by atoms with Crippen LogP contribution in [0.4, 0.5) is 20.4 Å². The van der Waals surface area contributed by atoms with Crippen LogP contribution in [0.2, 0.25) is 0 Å². The van der Waals surface area contributed by atoms with Gasteiger partial charge >= 0.3 is 5.97 Å². The number of aryl methyl sites for hydroxylation is 1. The predicted molar refractivity (Wildman–Crippen MR) is 121 cm³/mol. The Morgan fingerprint density at radius 2 is 1.97 bits per heavy atom. The fourth-order valence-corrected chi connectivity index (χ4v) is 3.85. The predicted octanol–water partition coefficient (Wildman–Crippen LogP) is 4.45. The monoisotopic (exact) mass is 472 g/mol. The number of aromatic nitrogens is 2. The van der Waals surface area contributed by atoms with E-state index in [4.69, 9.17) is 14.4 Å². The number of ether oxygens (including phenoxy) is 1. The molecular formula is C24H26F2N4O4. The Morgan fingerprint density at radius 3 is 2.65 bits per heavy atom. The number of rotatable bonds is 8. The minimum absolute atomic E-state index is 0.0847.